The molecule has 2 heterocycles. The minimum atomic E-state index is -1.37. The molecule has 2 N–H and O–H groups in total. The van der Waals surface area contributed by atoms with Gasteiger partial charge >= 0.3 is 0 Å². The summed E-state index contributed by atoms with van der Waals surface area (Å²) in [6.45, 7) is 2.60. The number of carbonyl (C=O) groups is 1. The summed E-state index contributed by atoms with van der Waals surface area (Å²) in [5, 5.41) is 15.5. The summed E-state index contributed by atoms with van der Waals surface area (Å²) in [7, 11) is 1.68. The van der Waals surface area contributed by atoms with Crippen molar-refractivity contribution < 1.29 is 19.4 Å². The molecule has 2 spiro atoms. The second-order valence-electron chi connectivity index (χ2n) is 12.2. The van der Waals surface area contributed by atoms with E-state index in [0.29, 0.717) is 19.0 Å². The number of aliphatic hydroxyl groups is 1. The van der Waals surface area contributed by atoms with E-state index in [-0.39, 0.29) is 16.7 Å². The van der Waals surface area contributed by atoms with Crippen LogP contribution in [0.2, 0.25) is 0 Å². The van der Waals surface area contributed by atoms with Crippen LogP contribution in [0.25, 0.3) is 0 Å². The summed E-state index contributed by atoms with van der Waals surface area (Å²) in [5.74, 6) is 1.66. The van der Waals surface area contributed by atoms with Crippen molar-refractivity contribution in [2.75, 3.05) is 20.2 Å². The third-order valence-electron chi connectivity index (χ3n) is 10.6. The zero-order valence-corrected chi connectivity index (χ0v) is 21.3. The fourth-order valence-electron chi connectivity index (χ4n) is 8.84. The van der Waals surface area contributed by atoms with Gasteiger partial charge in [0, 0.05) is 30.1 Å². The largest absolute Gasteiger partial charge is 0.493 e. The van der Waals surface area contributed by atoms with Gasteiger partial charge in [0.05, 0.1) is 18.4 Å². The molecule has 192 valence electrons. The van der Waals surface area contributed by atoms with Crippen LogP contribution >= 0.6 is 0 Å². The summed E-state index contributed by atoms with van der Waals surface area (Å²) in [6, 6.07) is 14.5. The second kappa shape index (κ2) is 7.39. The summed E-state index contributed by atoms with van der Waals surface area (Å²) >= 11 is 0. The molecule has 4 bridgehead atoms. The Morgan fingerprint density at radius 1 is 1.19 bits per heavy atom. The van der Waals surface area contributed by atoms with Crippen molar-refractivity contribution in [1.82, 2.24) is 10.2 Å². The molecule has 7 aliphatic rings. The molecule has 0 radical (unpaired) electrons. The molecule has 2 aromatic carbocycles. The highest BCUT2D eigenvalue weighted by Crippen LogP contribution is 2.74. The van der Waals surface area contributed by atoms with Gasteiger partial charge in [-0.3, -0.25) is 9.69 Å². The number of hydrogen-bond acceptors (Lipinski definition) is 5. The smallest absolute Gasteiger partial charge is 0.226 e. The van der Waals surface area contributed by atoms with E-state index in [1.807, 2.05) is 42.5 Å². The van der Waals surface area contributed by atoms with Gasteiger partial charge in [-0.25, -0.2) is 0 Å². The van der Waals surface area contributed by atoms with Crippen molar-refractivity contribution >= 4 is 5.91 Å². The number of nitrogens with zero attached hydrogens (tertiary/aromatic N) is 1. The van der Waals surface area contributed by atoms with Gasteiger partial charge in [0.25, 0.3) is 0 Å². The van der Waals surface area contributed by atoms with E-state index >= 15 is 0 Å². The lowest BCUT2D eigenvalue weighted by atomic mass is 9.37. The number of amides is 1. The van der Waals surface area contributed by atoms with E-state index in [1.165, 1.54) is 24.0 Å². The van der Waals surface area contributed by atoms with Crippen LogP contribution in [0.15, 0.2) is 54.6 Å². The molecule has 6 atom stereocenters. The number of ether oxygens (including phenoxy) is 2. The van der Waals surface area contributed by atoms with Crippen LogP contribution in [0.3, 0.4) is 0 Å². The van der Waals surface area contributed by atoms with Crippen LogP contribution in [-0.2, 0) is 23.2 Å². The number of carbonyl (C=O) groups excluding carboxylic acids is 1. The topological polar surface area (TPSA) is 71.0 Å². The van der Waals surface area contributed by atoms with Crippen molar-refractivity contribution in [3.8, 4) is 11.5 Å². The van der Waals surface area contributed by atoms with Gasteiger partial charge in [0.1, 0.15) is 11.7 Å². The number of nitrogens with one attached hydrogen (secondary N) is 1. The molecule has 37 heavy (non-hydrogen) atoms. The SMILES string of the molecule is COc1ccc2c3c1O[C@H]1[C@@]4(O)C=CC5(C[C@@H]4C(=O)NCc4ccccc4)C(C2)N(CC2CC2)CC[C@@]315. The van der Waals surface area contributed by atoms with E-state index < -0.39 is 17.6 Å². The maximum absolute atomic E-state index is 13.8. The molecule has 2 unspecified atom stereocenters. The van der Waals surface area contributed by atoms with E-state index in [0.717, 1.165) is 48.9 Å². The van der Waals surface area contributed by atoms with E-state index in [2.05, 4.69) is 22.4 Å². The standard InChI is InChI=1S/C31H34N2O4/c1-36-23-10-9-21-15-24-29-11-12-31(35,22(16-29)27(34)32-17-19-5-3-2-4-6-19)28-30(29,25(21)26(23)37-28)13-14-33(24)18-20-7-8-20/h2-6,9-12,20,22,24,28,35H,7-8,13-18H2,1H3,(H,32,34)/t22-,24?,28-,29?,30-,31-/m1/s1. The van der Waals surface area contributed by atoms with Gasteiger partial charge in [-0.05, 0) is 61.8 Å². The molecule has 6 nitrogen and oxygen atoms in total. The van der Waals surface area contributed by atoms with Crippen LogP contribution in [0, 0.1) is 17.3 Å². The van der Waals surface area contributed by atoms with Gasteiger partial charge in [-0.15, -0.1) is 0 Å². The molecule has 2 aliphatic heterocycles. The van der Waals surface area contributed by atoms with Crippen LogP contribution in [0.5, 0.6) is 11.5 Å². The van der Waals surface area contributed by atoms with E-state index in [9.17, 15) is 9.90 Å². The number of hydrogen-bond donors (Lipinski definition) is 2. The third kappa shape index (κ3) is 2.70. The van der Waals surface area contributed by atoms with Crippen molar-refractivity contribution in [2.45, 2.75) is 61.8 Å². The maximum atomic E-state index is 13.8. The summed E-state index contributed by atoms with van der Waals surface area (Å²) in [6.07, 6.45) is 8.90. The monoisotopic (exact) mass is 498 g/mol. The second-order valence-corrected chi connectivity index (χ2v) is 12.2. The zero-order valence-electron chi connectivity index (χ0n) is 21.3. The lowest BCUT2D eigenvalue weighted by molar-refractivity contribution is -0.206. The number of methoxy groups -OCH3 is 1. The van der Waals surface area contributed by atoms with E-state index in [4.69, 9.17) is 9.47 Å². The van der Waals surface area contributed by atoms with Crippen LogP contribution in [-0.4, -0.2) is 53.9 Å². The highest BCUT2D eigenvalue weighted by molar-refractivity contribution is 5.82. The number of rotatable bonds is 6. The highest BCUT2D eigenvalue weighted by atomic mass is 16.5. The lowest BCUT2D eigenvalue weighted by Gasteiger charge is -2.70. The minimum absolute atomic E-state index is 0.0888. The van der Waals surface area contributed by atoms with Gasteiger partial charge in [-0.2, -0.15) is 0 Å². The Balaban J connectivity index is 1.24. The fourth-order valence-corrected chi connectivity index (χ4v) is 8.84. The Bertz CT molecular complexity index is 1320. The Labute approximate surface area is 217 Å². The van der Waals surface area contributed by atoms with Crippen LogP contribution < -0.4 is 14.8 Å². The first kappa shape index (κ1) is 22.2. The Hall–Kier alpha value is -2.83. The number of fused-ring (bicyclic) bond motifs is 1. The molecular weight excluding hydrogens is 464 g/mol. The molecule has 5 aliphatic carbocycles. The van der Waals surface area contributed by atoms with Gasteiger partial charge in [0.2, 0.25) is 5.91 Å². The lowest BCUT2D eigenvalue weighted by Crippen LogP contribution is -2.79. The van der Waals surface area contributed by atoms with Crippen molar-refractivity contribution in [2.24, 2.45) is 17.3 Å². The van der Waals surface area contributed by atoms with Gasteiger partial charge in [-0.1, -0.05) is 48.6 Å². The molecule has 2 aromatic rings. The Morgan fingerprint density at radius 3 is 2.81 bits per heavy atom. The number of piperidine rings is 1. The molecule has 0 aromatic heterocycles. The van der Waals surface area contributed by atoms with Gasteiger partial charge in [0.15, 0.2) is 11.5 Å². The molecule has 9 rings (SSSR count). The first-order valence-corrected chi connectivity index (χ1v) is 13.9. The zero-order chi connectivity index (χ0) is 25.0. The number of likely N-dealkylation sites (tertiary alicyclic amines) is 1. The summed E-state index contributed by atoms with van der Waals surface area (Å²) in [4.78, 5) is 16.5. The fraction of sp³-hybridized carbons (Fsp3) is 0.516. The third-order valence-corrected chi connectivity index (χ3v) is 10.6. The predicted octanol–water partition coefficient (Wildman–Crippen LogP) is 3.36. The predicted molar refractivity (Wildman–Crippen MR) is 138 cm³/mol. The van der Waals surface area contributed by atoms with Crippen molar-refractivity contribution in [1.29, 1.82) is 0 Å². The normalized spacial score (nSPS) is 38.2. The summed E-state index contributed by atoms with van der Waals surface area (Å²) in [5.41, 5.74) is 1.65. The molecule has 6 heteroatoms. The first-order valence-electron chi connectivity index (χ1n) is 13.9. The number of benzene rings is 2. The molecule has 1 amide bonds. The maximum Gasteiger partial charge on any atom is 0.226 e. The van der Waals surface area contributed by atoms with Crippen LogP contribution in [0.1, 0.15) is 42.4 Å². The van der Waals surface area contributed by atoms with Crippen molar-refractivity contribution in [3.63, 3.8) is 0 Å². The average molecular weight is 499 g/mol. The van der Waals surface area contributed by atoms with Crippen LogP contribution in [0.4, 0.5) is 0 Å². The average Bonchev–Trinajstić information content (AvgIpc) is 3.66. The minimum Gasteiger partial charge on any atom is -0.493 e. The molecule has 3 fully saturated rings. The van der Waals surface area contributed by atoms with Crippen molar-refractivity contribution in [3.05, 3.63) is 71.3 Å². The quantitative estimate of drug-likeness (QED) is 0.598. The highest BCUT2D eigenvalue weighted by Gasteiger charge is 2.79. The Morgan fingerprint density at radius 2 is 2.03 bits per heavy atom. The first-order chi connectivity index (χ1) is 18.0. The van der Waals surface area contributed by atoms with E-state index in [1.54, 1.807) is 7.11 Å². The molecule has 1 saturated heterocycles. The molecule has 2 saturated carbocycles. The Kier molecular flexibility index (Phi) is 4.43. The molecular formula is C31H34N2O4. The van der Waals surface area contributed by atoms with Gasteiger partial charge < -0.3 is 19.9 Å². The summed E-state index contributed by atoms with van der Waals surface area (Å²) < 4.78 is 12.5.